The summed E-state index contributed by atoms with van der Waals surface area (Å²) in [5.74, 6) is 0.702. The van der Waals surface area contributed by atoms with Crippen molar-refractivity contribution in [2.45, 2.75) is 40.2 Å². The molecule has 0 aliphatic carbocycles. The van der Waals surface area contributed by atoms with Gasteiger partial charge in [-0.05, 0) is 12.3 Å². The largest absolute Gasteiger partial charge is 0.279 e. The van der Waals surface area contributed by atoms with Crippen molar-refractivity contribution in [2.75, 3.05) is 19.0 Å². The average molecular weight is 271 g/mol. The van der Waals surface area contributed by atoms with E-state index in [1.54, 1.807) is 0 Å². The summed E-state index contributed by atoms with van der Waals surface area (Å²) in [6.45, 7) is 8.60. The van der Waals surface area contributed by atoms with Gasteiger partial charge in [0, 0.05) is 25.0 Å². The Morgan fingerprint density at radius 1 is 1.25 bits per heavy atom. The third-order valence-corrected chi connectivity index (χ3v) is 4.59. The number of halogens is 1. The van der Waals surface area contributed by atoms with Gasteiger partial charge in [0.15, 0.2) is 0 Å². The third kappa shape index (κ3) is 4.99. The highest BCUT2D eigenvalue weighted by molar-refractivity contribution is 7.87. The summed E-state index contributed by atoms with van der Waals surface area (Å²) in [6, 6.07) is -0.0944. The smallest absolute Gasteiger partial charge is 0.199 e. The van der Waals surface area contributed by atoms with E-state index in [-0.39, 0.29) is 12.0 Å². The Balaban J connectivity index is 4.64. The Morgan fingerprint density at radius 3 is 2.06 bits per heavy atom. The molecule has 16 heavy (non-hydrogen) atoms. The van der Waals surface area contributed by atoms with Crippen molar-refractivity contribution in [2.24, 2.45) is 5.92 Å². The van der Waals surface area contributed by atoms with Gasteiger partial charge in [0.1, 0.15) is 0 Å². The van der Waals surface area contributed by atoms with E-state index in [0.717, 1.165) is 0 Å². The quantitative estimate of drug-likeness (QED) is 0.684. The van der Waals surface area contributed by atoms with E-state index < -0.39 is 10.2 Å². The fourth-order valence-corrected chi connectivity index (χ4v) is 3.31. The monoisotopic (exact) mass is 270 g/mol. The molecule has 0 aromatic heterocycles. The molecule has 0 saturated heterocycles. The minimum Gasteiger partial charge on any atom is -0.199 e. The first kappa shape index (κ1) is 16.2. The highest BCUT2D eigenvalue weighted by Crippen LogP contribution is 2.10. The molecular weight excluding hydrogens is 248 g/mol. The molecule has 0 saturated carbocycles. The van der Waals surface area contributed by atoms with E-state index in [9.17, 15) is 8.42 Å². The Labute approximate surface area is 105 Å². The van der Waals surface area contributed by atoms with Crippen molar-refractivity contribution >= 4 is 21.8 Å². The Bertz CT molecular complexity index is 277. The van der Waals surface area contributed by atoms with Crippen molar-refractivity contribution in [1.29, 1.82) is 0 Å². The highest BCUT2D eigenvalue weighted by Gasteiger charge is 2.24. The number of hydrogen-bond donors (Lipinski definition) is 1. The maximum atomic E-state index is 12.0. The first-order valence-electron chi connectivity index (χ1n) is 5.72. The Kier molecular flexibility index (Phi) is 7.55. The van der Waals surface area contributed by atoms with Crippen molar-refractivity contribution < 1.29 is 8.42 Å². The molecule has 0 bridgehead atoms. The van der Waals surface area contributed by atoms with Crippen LogP contribution < -0.4 is 4.72 Å². The maximum absolute atomic E-state index is 12.0. The standard InChI is InChI=1S/C10H23ClN2O2S/c1-5-13(6-2)16(14,15)12-10(7-8-11)9(3)4/h9-10,12H,5-8H2,1-4H3. The van der Waals surface area contributed by atoms with Crippen LogP contribution in [0.25, 0.3) is 0 Å². The molecule has 1 atom stereocenters. The zero-order chi connectivity index (χ0) is 12.8. The molecule has 0 aliphatic rings. The molecule has 1 unspecified atom stereocenters. The lowest BCUT2D eigenvalue weighted by atomic mass is 10.0. The van der Waals surface area contributed by atoms with Crippen LogP contribution in [0, 0.1) is 5.92 Å². The number of hydrogen-bond acceptors (Lipinski definition) is 2. The van der Waals surface area contributed by atoms with E-state index in [1.807, 2.05) is 27.7 Å². The zero-order valence-corrected chi connectivity index (χ0v) is 12.1. The van der Waals surface area contributed by atoms with E-state index in [0.29, 0.717) is 25.4 Å². The molecule has 1 N–H and O–H groups in total. The summed E-state index contributed by atoms with van der Waals surface area (Å²) in [5, 5.41) is 0. The van der Waals surface area contributed by atoms with Gasteiger partial charge < -0.3 is 0 Å². The van der Waals surface area contributed by atoms with Crippen LogP contribution in [0.4, 0.5) is 0 Å². The fraction of sp³-hybridized carbons (Fsp3) is 1.00. The summed E-state index contributed by atoms with van der Waals surface area (Å²) in [7, 11) is -3.36. The van der Waals surface area contributed by atoms with Crippen molar-refractivity contribution in [1.82, 2.24) is 9.03 Å². The molecular formula is C10H23ClN2O2S. The maximum Gasteiger partial charge on any atom is 0.279 e. The number of rotatable bonds is 8. The Morgan fingerprint density at radius 2 is 1.75 bits per heavy atom. The van der Waals surface area contributed by atoms with Crippen LogP contribution in [0.5, 0.6) is 0 Å². The second-order valence-corrected chi connectivity index (χ2v) is 6.12. The van der Waals surface area contributed by atoms with Gasteiger partial charge in [-0.15, -0.1) is 11.6 Å². The third-order valence-electron chi connectivity index (χ3n) is 2.57. The van der Waals surface area contributed by atoms with Gasteiger partial charge in [-0.1, -0.05) is 27.7 Å². The first-order valence-corrected chi connectivity index (χ1v) is 7.69. The van der Waals surface area contributed by atoms with Gasteiger partial charge in [-0.2, -0.15) is 17.4 Å². The van der Waals surface area contributed by atoms with Crippen LogP contribution in [0.2, 0.25) is 0 Å². The van der Waals surface area contributed by atoms with E-state index in [4.69, 9.17) is 11.6 Å². The lowest BCUT2D eigenvalue weighted by Gasteiger charge is -2.26. The van der Waals surface area contributed by atoms with E-state index in [1.165, 1.54) is 4.31 Å². The molecule has 0 aromatic carbocycles. The lowest BCUT2D eigenvalue weighted by Crippen LogP contribution is -2.47. The molecule has 4 nitrogen and oxygen atoms in total. The minimum absolute atomic E-state index is 0.0944. The predicted octanol–water partition coefficient (Wildman–Crippen LogP) is 1.82. The van der Waals surface area contributed by atoms with Gasteiger partial charge in [0.25, 0.3) is 10.2 Å². The average Bonchev–Trinajstić information content (AvgIpc) is 2.18. The van der Waals surface area contributed by atoms with Crippen LogP contribution in [0.1, 0.15) is 34.1 Å². The Hall–Kier alpha value is 0.160. The molecule has 0 rings (SSSR count). The van der Waals surface area contributed by atoms with Gasteiger partial charge in [0.05, 0.1) is 0 Å². The topological polar surface area (TPSA) is 49.4 Å². The summed E-state index contributed by atoms with van der Waals surface area (Å²) < 4.78 is 28.0. The summed E-state index contributed by atoms with van der Waals surface area (Å²) in [6.07, 6.45) is 0.653. The van der Waals surface area contributed by atoms with Gasteiger partial charge in [-0.25, -0.2) is 0 Å². The van der Waals surface area contributed by atoms with Crippen molar-refractivity contribution in [3.8, 4) is 0 Å². The molecule has 98 valence electrons. The van der Waals surface area contributed by atoms with Crippen LogP contribution in [0.15, 0.2) is 0 Å². The summed E-state index contributed by atoms with van der Waals surface area (Å²) in [5.41, 5.74) is 0. The summed E-state index contributed by atoms with van der Waals surface area (Å²) in [4.78, 5) is 0. The fourth-order valence-electron chi connectivity index (χ4n) is 1.48. The van der Waals surface area contributed by atoms with E-state index in [2.05, 4.69) is 4.72 Å². The highest BCUT2D eigenvalue weighted by atomic mass is 35.5. The lowest BCUT2D eigenvalue weighted by molar-refractivity contribution is 0.394. The molecule has 0 spiro atoms. The van der Waals surface area contributed by atoms with Gasteiger partial charge in [0.2, 0.25) is 0 Å². The summed E-state index contributed by atoms with van der Waals surface area (Å²) >= 11 is 5.67. The van der Waals surface area contributed by atoms with Crippen LogP contribution >= 0.6 is 11.6 Å². The molecule has 0 aromatic rings. The molecule has 0 fully saturated rings. The number of nitrogens with zero attached hydrogens (tertiary/aromatic N) is 1. The second kappa shape index (κ2) is 7.48. The minimum atomic E-state index is -3.36. The molecule has 0 radical (unpaired) electrons. The molecule has 0 aliphatic heterocycles. The normalized spacial score (nSPS) is 14.7. The van der Waals surface area contributed by atoms with Crippen LogP contribution in [-0.4, -0.2) is 37.7 Å². The number of nitrogens with one attached hydrogen (secondary N) is 1. The van der Waals surface area contributed by atoms with Gasteiger partial charge >= 0.3 is 0 Å². The van der Waals surface area contributed by atoms with Gasteiger partial charge in [-0.3, -0.25) is 0 Å². The van der Waals surface area contributed by atoms with Crippen LogP contribution in [-0.2, 0) is 10.2 Å². The predicted molar refractivity (Wildman–Crippen MR) is 68.9 cm³/mol. The van der Waals surface area contributed by atoms with Crippen molar-refractivity contribution in [3.05, 3.63) is 0 Å². The molecule has 0 amide bonds. The van der Waals surface area contributed by atoms with E-state index >= 15 is 0 Å². The first-order chi connectivity index (χ1) is 7.38. The number of alkyl halides is 1. The van der Waals surface area contributed by atoms with Crippen LogP contribution in [0.3, 0.4) is 0 Å². The second-order valence-electron chi connectivity index (χ2n) is 4.04. The SMILES string of the molecule is CCN(CC)S(=O)(=O)NC(CCCl)C(C)C. The molecule has 0 heterocycles. The zero-order valence-electron chi connectivity index (χ0n) is 10.5. The molecule has 6 heteroatoms. The van der Waals surface area contributed by atoms with Crippen molar-refractivity contribution in [3.63, 3.8) is 0 Å².